The van der Waals surface area contributed by atoms with Gasteiger partial charge in [-0.2, -0.15) is 0 Å². The Morgan fingerprint density at radius 1 is 1.20 bits per heavy atom. The summed E-state index contributed by atoms with van der Waals surface area (Å²) in [5.41, 5.74) is 0.657. The molecule has 0 aliphatic carbocycles. The first-order valence-corrected chi connectivity index (χ1v) is 12.6. The first kappa shape index (κ1) is 27.6. The molecule has 3 aliphatic rings. The maximum atomic E-state index is 12.3. The van der Waals surface area contributed by atoms with Gasteiger partial charge in [-0.05, 0) is 52.5 Å². The predicted molar refractivity (Wildman–Crippen MR) is 132 cm³/mol. The molecule has 3 rings (SSSR count). The highest BCUT2D eigenvalue weighted by Gasteiger charge is 2.57. The van der Waals surface area contributed by atoms with Crippen LogP contribution in [0.25, 0.3) is 0 Å². The second kappa shape index (κ2) is 11.8. The summed E-state index contributed by atoms with van der Waals surface area (Å²) in [6, 6.07) is -0.0868. The number of esters is 1. The zero-order chi connectivity index (χ0) is 25.8. The number of rotatable bonds is 8. The highest BCUT2D eigenvalue weighted by molar-refractivity contribution is 5.87. The Kier molecular flexibility index (Phi) is 9.32. The van der Waals surface area contributed by atoms with Crippen molar-refractivity contribution in [3.05, 3.63) is 36.0 Å². The Balaban J connectivity index is 1.47. The topological polar surface area (TPSA) is 107 Å². The van der Waals surface area contributed by atoms with E-state index in [1.54, 1.807) is 13.0 Å². The Labute approximate surface area is 208 Å². The summed E-state index contributed by atoms with van der Waals surface area (Å²) in [6.45, 7) is 11.8. The molecule has 8 nitrogen and oxygen atoms in total. The predicted octanol–water partition coefficient (Wildman–Crippen LogP) is 2.99. The summed E-state index contributed by atoms with van der Waals surface area (Å²) >= 11 is 0. The maximum Gasteiger partial charge on any atom is 0.303 e. The molecule has 1 spiro atoms. The van der Waals surface area contributed by atoms with Crippen LogP contribution in [-0.2, 0) is 28.5 Å². The first-order valence-electron chi connectivity index (χ1n) is 12.6. The van der Waals surface area contributed by atoms with E-state index in [9.17, 15) is 14.7 Å². The quantitative estimate of drug-likeness (QED) is 0.233. The van der Waals surface area contributed by atoms with Gasteiger partial charge in [-0.25, -0.2) is 0 Å². The average molecular weight is 492 g/mol. The van der Waals surface area contributed by atoms with Crippen LogP contribution < -0.4 is 5.32 Å². The molecule has 0 aromatic rings. The number of hydrogen-bond donors (Lipinski definition) is 2. The minimum Gasteiger partial charge on any atom is -0.459 e. The molecule has 0 aromatic carbocycles. The van der Waals surface area contributed by atoms with Gasteiger partial charge in [0.2, 0.25) is 5.91 Å². The number of nitrogens with one attached hydrogen (secondary N) is 1. The van der Waals surface area contributed by atoms with Crippen LogP contribution in [0.15, 0.2) is 36.0 Å². The summed E-state index contributed by atoms with van der Waals surface area (Å²) in [6.07, 6.45) is 9.86. The molecular weight excluding hydrogens is 450 g/mol. The summed E-state index contributed by atoms with van der Waals surface area (Å²) in [5.74, 6) is -0.340. The first-order chi connectivity index (χ1) is 16.5. The molecule has 3 saturated heterocycles. The van der Waals surface area contributed by atoms with Gasteiger partial charge >= 0.3 is 5.97 Å². The zero-order valence-electron chi connectivity index (χ0n) is 21.7. The van der Waals surface area contributed by atoms with Crippen LogP contribution in [0.4, 0.5) is 0 Å². The van der Waals surface area contributed by atoms with Crippen molar-refractivity contribution in [3.63, 3.8) is 0 Å². The van der Waals surface area contributed by atoms with Crippen LogP contribution in [0.2, 0.25) is 0 Å². The summed E-state index contributed by atoms with van der Waals surface area (Å²) in [4.78, 5) is 23.3. The van der Waals surface area contributed by atoms with Gasteiger partial charge in [0.05, 0.1) is 31.0 Å². The molecule has 0 aromatic heterocycles. The van der Waals surface area contributed by atoms with Gasteiger partial charge in [0.25, 0.3) is 0 Å². The molecule has 0 saturated carbocycles. The summed E-state index contributed by atoms with van der Waals surface area (Å²) in [5, 5.41) is 13.6. The summed E-state index contributed by atoms with van der Waals surface area (Å²) in [7, 11) is 0. The normalized spacial score (nSPS) is 38.6. The number of epoxide rings is 1. The van der Waals surface area contributed by atoms with Gasteiger partial charge in [-0.3, -0.25) is 9.59 Å². The molecule has 8 heteroatoms. The fourth-order valence-electron chi connectivity index (χ4n) is 4.91. The van der Waals surface area contributed by atoms with Gasteiger partial charge in [-0.1, -0.05) is 30.7 Å². The van der Waals surface area contributed by atoms with E-state index in [0.717, 1.165) is 24.8 Å². The third-order valence-corrected chi connectivity index (χ3v) is 7.02. The molecule has 0 radical (unpaired) electrons. The zero-order valence-corrected chi connectivity index (χ0v) is 21.7. The standard InChI is InChI=1S/C27H41NO7/c1-16(8-11-24-26(31)27(15-32-27)14-19(4)34-24)7-10-23-17(2)13-22(20(5)35-23)28-25(30)12-9-18(3)33-21(6)29/h7-9,11-12,17-20,22-24,26,31H,10,13-15H2,1-6H3,(H,28,30)/b11-8+,12-9-,16-7+/t17-,18-,19-,20+,22+,23-,24+,26+,27+/m0/s1. The number of hydrogen-bond acceptors (Lipinski definition) is 7. The molecule has 9 atom stereocenters. The van der Waals surface area contributed by atoms with Crippen LogP contribution in [0, 0.1) is 5.92 Å². The number of carbonyl (C=O) groups excluding carboxylic acids is 2. The fourth-order valence-corrected chi connectivity index (χ4v) is 4.91. The molecule has 1 amide bonds. The third kappa shape index (κ3) is 7.74. The van der Waals surface area contributed by atoms with Gasteiger partial charge < -0.3 is 29.4 Å². The molecule has 0 bridgehead atoms. The lowest BCUT2D eigenvalue weighted by molar-refractivity contribution is -0.143. The van der Waals surface area contributed by atoms with Crippen LogP contribution in [0.5, 0.6) is 0 Å². The van der Waals surface area contributed by atoms with Crippen molar-refractivity contribution in [2.45, 2.75) is 109 Å². The Hall–Kier alpha value is -2.00. The van der Waals surface area contributed by atoms with Crippen molar-refractivity contribution in [1.82, 2.24) is 5.32 Å². The molecule has 35 heavy (non-hydrogen) atoms. The van der Waals surface area contributed by atoms with E-state index in [-0.39, 0.29) is 48.3 Å². The Bertz CT molecular complexity index is 846. The van der Waals surface area contributed by atoms with E-state index in [1.807, 2.05) is 32.9 Å². The van der Waals surface area contributed by atoms with Gasteiger partial charge in [0.1, 0.15) is 23.9 Å². The summed E-state index contributed by atoms with van der Waals surface area (Å²) < 4.78 is 22.7. The monoisotopic (exact) mass is 491 g/mol. The highest BCUT2D eigenvalue weighted by atomic mass is 16.6. The molecule has 0 unspecified atom stereocenters. The second-order valence-electron chi connectivity index (χ2n) is 10.3. The Morgan fingerprint density at radius 2 is 1.91 bits per heavy atom. The van der Waals surface area contributed by atoms with E-state index >= 15 is 0 Å². The molecule has 3 aliphatic heterocycles. The van der Waals surface area contributed by atoms with Gasteiger partial charge in [0, 0.05) is 19.4 Å². The fraction of sp³-hybridized carbons (Fsp3) is 0.704. The smallest absolute Gasteiger partial charge is 0.303 e. The molecule has 3 fully saturated rings. The lowest BCUT2D eigenvalue weighted by Gasteiger charge is -2.39. The SMILES string of the molecule is CC(=O)O[C@@H](C)/C=C\C(=O)N[C@@H]1C[C@H](C)[C@H](C/C=C(C)/C=C/[C@H]2O[C@@H](C)C[C@@]3(CO3)[C@@H]2O)O[C@@H]1C. The van der Waals surface area contributed by atoms with E-state index < -0.39 is 17.8 Å². The van der Waals surface area contributed by atoms with Crippen LogP contribution in [0.1, 0.15) is 60.8 Å². The second-order valence-corrected chi connectivity index (χ2v) is 10.3. The number of carbonyl (C=O) groups is 2. The van der Waals surface area contributed by atoms with E-state index in [4.69, 9.17) is 18.9 Å². The van der Waals surface area contributed by atoms with E-state index in [1.165, 1.54) is 13.0 Å². The van der Waals surface area contributed by atoms with Crippen molar-refractivity contribution in [3.8, 4) is 0 Å². The van der Waals surface area contributed by atoms with Crippen molar-refractivity contribution in [1.29, 1.82) is 0 Å². The molecule has 2 N–H and O–H groups in total. The molecule has 196 valence electrons. The Morgan fingerprint density at radius 3 is 2.57 bits per heavy atom. The molecule has 3 heterocycles. The van der Waals surface area contributed by atoms with E-state index in [2.05, 4.69) is 18.3 Å². The third-order valence-electron chi connectivity index (χ3n) is 7.02. The maximum absolute atomic E-state index is 12.3. The average Bonchev–Trinajstić information content (AvgIpc) is 3.54. The largest absolute Gasteiger partial charge is 0.459 e. The van der Waals surface area contributed by atoms with Gasteiger partial charge in [0.15, 0.2) is 0 Å². The lowest BCUT2D eigenvalue weighted by Crippen LogP contribution is -2.50. The van der Waals surface area contributed by atoms with Crippen molar-refractivity contribution in [2.75, 3.05) is 6.61 Å². The van der Waals surface area contributed by atoms with Crippen LogP contribution in [-0.4, -0.2) is 71.9 Å². The number of allylic oxidation sites excluding steroid dienone is 2. The van der Waals surface area contributed by atoms with Crippen LogP contribution >= 0.6 is 0 Å². The number of aliphatic hydroxyl groups is 1. The van der Waals surface area contributed by atoms with Crippen molar-refractivity contribution >= 4 is 11.9 Å². The minimum atomic E-state index is -0.642. The number of amides is 1. The number of aliphatic hydroxyl groups excluding tert-OH is 1. The van der Waals surface area contributed by atoms with Crippen LogP contribution in [0.3, 0.4) is 0 Å². The van der Waals surface area contributed by atoms with Crippen molar-refractivity contribution in [2.24, 2.45) is 5.92 Å². The van der Waals surface area contributed by atoms with Crippen molar-refractivity contribution < 1.29 is 33.6 Å². The number of ether oxygens (including phenoxy) is 4. The molecular formula is C27H41NO7. The van der Waals surface area contributed by atoms with E-state index in [0.29, 0.717) is 6.61 Å². The highest BCUT2D eigenvalue weighted by Crippen LogP contribution is 2.42. The minimum absolute atomic E-state index is 0.0546. The van der Waals surface area contributed by atoms with Gasteiger partial charge in [-0.15, -0.1) is 0 Å². The lowest BCUT2D eigenvalue weighted by atomic mass is 9.87.